The second-order valence-corrected chi connectivity index (χ2v) is 4.31. The highest BCUT2D eigenvalue weighted by Crippen LogP contribution is 1.83. The van der Waals surface area contributed by atoms with E-state index in [4.69, 9.17) is 5.11 Å². The number of carboxylic acid groups (broad SMARTS) is 1. The first kappa shape index (κ1) is 12.9. The van der Waals surface area contributed by atoms with Crippen LogP contribution < -0.4 is 5.32 Å². The van der Waals surface area contributed by atoms with E-state index in [0.29, 0.717) is 5.75 Å². The SMILES string of the molecule is CN(CC(=O)O)C(=O)NCCS(C)=O. The van der Waals surface area contributed by atoms with Gasteiger partial charge in [-0.1, -0.05) is 0 Å². The summed E-state index contributed by atoms with van der Waals surface area (Å²) in [5.74, 6) is -0.700. The van der Waals surface area contributed by atoms with Gasteiger partial charge in [0.25, 0.3) is 0 Å². The fourth-order valence-corrected chi connectivity index (χ4v) is 1.10. The van der Waals surface area contributed by atoms with Gasteiger partial charge >= 0.3 is 12.0 Å². The number of hydrogen-bond acceptors (Lipinski definition) is 3. The normalized spacial score (nSPS) is 11.9. The summed E-state index contributed by atoms with van der Waals surface area (Å²) in [7, 11) is 0.426. The van der Waals surface area contributed by atoms with Gasteiger partial charge in [0.15, 0.2) is 0 Å². The summed E-state index contributed by atoms with van der Waals surface area (Å²) in [6, 6.07) is -0.474. The van der Waals surface area contributed by atoms with E-state index in [-0.39, 0.29) is 13.1 Å². The number of likely N-dealkylation sites (N-methyl/N-ethyl adjacent to an activating group) is 1. The highest BCUT2D eigenvalue weighted by molar-refractivity contribution is 7.84. The minimum atomic E-state index is -1.07. The molecule has 14 heavy (non-hydrogen) atoms. The predicted molar refractivity (Wildman–Crippen MR) is 52.6 cm³/mol. The molecule has 0 rings (SSSR count). The van der Waals surface area contributed by atoms with Gasteiger partial charge in [0.05, 0.1) is 0 Å². The van der Waals surface area contributed by atoms with Crippen LogP contribution in [0.5, 0.6) is 0 Å². The molecule has 0 heterocycles. The summed E-state index contributed by atoms with van der Waals surface area (Å²) in [4.78, 5) is 22.4. The Morgan fingerprint density at radius 1 is 1.50 bits per heavy atom. The Morgan fingerprint density at radius 2 is 2.07 bits per heavy atom. The van der Waals surface area contributed by atoms with E-state index in [2.05, 4.69) is 5.32 Å². The number of nitrogens with one attached hydrogen (secondary N) is 1. The van der Waals surface area contributed by atoms with Crippen molar-refractivity contribution in [2.24, 2.45) is 0 Å². The molecule has 0 fully saturated rings. The van der Waals surface area contributed by atoms with Gasteiger partial charge in [-0.25, -0.2) is 4.79 Å². The van der Waals surface area contributed by atoms with E-state index < -0.39 is 22.8 Å². The van der Waals surface area contributed by atoms with Crippen LogP contribution in [-0.2, 0) is 15.6 Å². The molecule has 1 atom stereocenters. The number of amides is 2. The van der Waals surface area contributed by atoms with Crippen molar-refractivity contribution in [1.29, 1.82) is 0 Å². The molecule has 0 bridgehead atoms. The summed E-state index contributed by atoms with van der Waals surface area (Å²) >= 11 is 0. The Hall–Kier alpha value is -1.11. The number of nitrogens with zero attached hydrogens (tertiary/aromatic N) is 1. The van der Waals surface area contributed by atoms with Gasteiger partial charge in [0.1, 0.15) is 6.54 Å². The topological polar surface area (TPSA) is 86.7 Å². The zero-order chi connectivity index (χ0) is 11.1. The number of urea groups is 1. The Kier molecular flexibility index (Phi) is 5.86. The summed E-state index contributed by atoms with van der Waals surface area (Å²) < 4.78 is 10.6. The first-order valence-electron chi connectivity index (χ1n) is 3.94. The predicted octanol–water partition coefficient (Wildman–Crippen LogP) is -0.909. The maximum Gasteiger partial charge on any atom is 0.323 e. The quantitative estimate of drug-likeness (QED) is 0.630. The molecule has 0 saturated heterocycles. The lowest BCUT2D eigenvalue weighted by Gasteiger charge is -2.14. The second kappa shape index (κ2) is 6.36. The van der Waals surface area contributed by atoms with Crippen molar-refractivity contribution in [1.82, 2.24) is 10.2 Å². The van der Waals surface area contributed by atoms with E-state index in [1.165, 1.54) is 13.3 Å². The minimum Gasteiger partial charge on any atom is -0.480 e. The average Bonchev–Trinajstić information content (AvgIpc) is 2.01. The monoisotopic (exact) mass is 222 g/mol. The molecule has 82 valence electrons. The maximum absolute atomic E-state index is 11.1. The van der Waals surface area contributed by atoms with E-state index in [0.717, 1.165) is 4.90 Å². The van der Waals surface area contributed by atoms with Gasteiger partial charge < -0.3 is 15.3 Å². The van der Waals surface area contributed by atoms with Crippen LogP contribution in [0.2, 0.25) is 0 Å². The third kappa shape index (κ3) is 6.41. The first-order chi connectivity index (χ1) is 6.43. The van der Waals surface area contributed by atoms with Crippen LogP contribution in [0.1, 0.15) is 0 Å². The molecule has 2 N–H and O–H groups in total. The average molecular weight is 222 g/mol. The molecule has 7 heteroatoms. The molecule has 0 aliphatic rings. The van der Waals surface area contributed by atoms with Gasteiger partial charge in [-0.05, 0) is 0 Å². The Bertz CT molecular complexity index is 244. The van der Waals surface area contributed by atoms with Crippen LogP contribution >= 0.6 is 0 Å². The van der Waals surface area contributed by atoms with Crippen molar-refractivity contribution in [2.75, 3.05) is 32.1 Å². The third-order valence-electron chi connectivity index (χ3n) is 1.38. The summed E-state index contributed by atoms with van der Waals surface area (Å²) in [5, 5.41) is 10.8. The molecule has 2 amide bonds. The highest BCUT2D eigenvalue weighted by Gasteiger charge is 2.10. The van der Waals surface area contributed by atoms with Crippen LogP contribution in [0.3, 0.4) is 0 Å². The molecule has 0 aromatic rings. The molecular weight excluding hydrogens is 208 g/mol. The molecule has 0 spiro atoms. The lowest BCUT2D eigenvalue weighted by Crippen LogP contribution is -2.41. The van der Waals surface area contributed by atoms with E-state index in [1.54, 1.807) is 0 Å². The number of carbonyl (C=O) groups excluding carboxylic acids is 1. The smallest absolute Gasteiger partial charge is 0.323 e. The van der Waals surface area contributed by atoms with Gasteiger partial charge in [-0.3, -0.25) is 9.00 Å². The van der Waals surface area contributed by atoms with Crippen molar-refractivity contribution in [3.63, 3.8) is 0 Å². The molecule has 0 radical (unpaired) electrons. The zero-order valence-corrected chi connectivity index (χ0v) is 8.97. The zero-order valence-electron chi connectivity index (χ0n) is 8.15. The molecule has 0 aliphatic carbocycles. The van der Waals surface area contributed by atoms with Crippen molar-refractivity contribution < 1.29 is 18.9 Å². The Labute approximate surface area is 84.7 Å². The van der Waals surface area contributed by atoms with E-state index in [9.17, 15) is 13.8 Å². The fraction of sp³-hybridized carbons (Fsp3) is 0.714. The number of carbonyl (C=O) groups is 2. The number of aliphatic carboxylic acids is 1. The second-order valence-electron chi connectivity index (χ2n) is 2.76. The van der Waals surface area contributed by atoms with Crippen molar-refractivity contribution in [2.45, 2.75) is 0 Å². The molecule has 1 unspecified atom stereocenters. The van der Waals surface area contributed by atoms with Crippen molar-refractivity contribution >= 4 is 22.8 Å². The lowest BCUT2D eigenvalue weighted by molar-refractivity contribution is -0.137. The van der Waals surface area contributed by atoms with Gasteiger partial charge in [0.2, 0.25) is 0 Å². The van der Waals surface area contributed by atoms with Crippen LogP contribution in [0.15, 0.2) is 0 Å². The largest absolute Gasteiger partial charge is 0.480 e. The molecule has 0 aliphatic heterocycles. The highest BCUT2D eigenvalue weighted by atomic mass is 32.2. The van der Waals surface area contributed by atoms with Crippen LogP contribution in [0.25, 0.3) is 0 Å². The Morgan fingerprint density at radius 3 is 2.50 bits per heavy atom. The summed E-state index contributed by atoms with van der Waals surface area (Å²) in [6.45, 7) is -0.0625. The van der Waals surface area contributed by atoms with Gasteiger partial charge in [-0.2, -0.15) is 0 Å². The minimum absolute atomic E-state index is 0.284. The molecule has 0 saturated carbocycles. The first-order valence-corrected chi connectivity index (χ1v) is 5.67. The fourth-order valence-electron chi connectivity index (χ4n) is 0.711. The Balaban J connectivity index is 3.73. The standard InChI is InChI=1S/C7H14N2O4S/c1-9(5-6(10)11)7(12)8-3-4-14(2)13/h3-5H2,1-2H3,(H,8,12)(H,10,11). The molecule has 0 aromatic heterocycles. The number of hydrogen-bond donors (Lipinski definition) is 2. The summed E-state index contributed by atoms with van der Waals surface area (Å²) in [6.07, 6.45) is 1.53. The molecule has 0 aromatic carbocycles. The van der Waals surface area contributed by atoms with E-state index in [1.807, 2.05) is 0 Å². The number of carboxylic acids is 1. The molecule has 6 nitrogen and oxygen atoms in total. The van der Waals surface area contributed by atoms with Crippen LogP contribution in [0.4, 0.5) is 4.79 Å². The van der Waals surface area contributed by atoms with Gasteiger partial charge in [-0.15, -0.1) is 0 Å². The van der Waals surface area contributed by atoms with E-state index >= 15 is 0 Å². The lowest BCUT2D eigenvalue weighted by atomic mass is 10.6. The third-order valence-corrected chi connectivity index (χ3v) is 2.16. The van der Waals surface area contributed by atoms with Gasteiger partial charge in [0, 0.05) is 36.4 Å². The van der Waals surface area contributed by atoms with Crippen molar-refractivity contribution in [3.8, 4) is 0 Å². The van der Waals surface area contributed by atoms with Crippen LogP contribution in [0, 0.1) is 0 Å². The summed E-state index contributed by atoms with van der Waals surface area (Å²) in [5.41, 5.74) is 0. The maximum atomic E-state index is 11.1. The van der Waals surface area contributed by atoms with Crippen molar-refractivity contribution in [3.05, 3.63) is 0 Å². The molecular formula is C7H14N2O4S. The number of rotatable bonds is 5. The van der Waals surface area contributed by atoms with Crippen LogP contribution in [-0.4, -0.2) is 58.4 Å².